The van der Waals surface area contributed by atoms with Crippen molar-refractivity contribution < 1.29 is 19.0 Å². The molecule has 1 N–H and O–H groups in total. The summed E-state index contributed by atoms with van der Waals surface area (Å²) in [7, 11) is 1.58. The van der Waals surface area contributed by atoms with Crippen molar-refractivity contribution in [2.24, 2.45) is 5.92 Å². The molecule has 1 aliphatic heterocycles. The minimum Gasteiger partial charge on any atom is -0.388 e. The van der Waals surface area contributed by atoms with Crippen LogP contribution in [0.1, 0.15) is 30.9 Å². The lowest BCUT2D eigenvalue weighted by molar-refractivity contribution is -0.134. The van der Waals surface area contributed by atoms with Gasteiger partial charge >= 0.3 is 0 Å². The van der Waals surface area contributed by atoms with Gasteiger partial charge in [-0.1, -0.05) is 12.1 Å². The molecule has 21 heavy (non-hydrogen) atoms. The zero-order valence-corrected chi connectivity index (χ0v) is 12.3. The normalized spacial score (nSPS) is 17.8. The second-order valence-electron chi connectivity index (χ2n) is 5.46. The smallest absolute Gasteiger partial charge is 0.224 e. The summed E-state index contributed by atoms with van der Waals surface area (Å²) in [6, 6.07) is 5.97. The first-order valence-electron chi connectivity index (χ1n) is 7.32. The number of methoxy groups -OCH3 is 1. The molecule has 0 aliphatic carbocycles. The summed E-state index contributed by atoms with van der Waals surface area (Å²) in [5.74, 6) is -0.0852. The molecule has 116 valence electrons. The van der Waals surface area contributed by atoms with E-state index < -0.39 is 6.10 Å². The lowest BCUT2D eigenvalue weighted by atomic mass is 9.87. The number of nitrogens with zero attached hydrogens (tertiary/aromatic N) is 1. The van der Waals surface area contributed by atoms with Crippen molar-refractivity contribution in [2.75, 3.05) is 26.8 Å². The highest BCUT2D eigenvalue weighted by Gasteiger charge is 2.28. The number of halogens is 1. The Bertz CT molecular complexity index is 455. The van der Waals surface area contributed by atoms with Gasteiger partial charge in [-0.15, -0.1) is 0 Å². The van der Waals surface area contributed by atoms with Gasteiger partial charge in [0.25, 0.3) is 0 Å². The van der Waals surface area contributed by atoms with Gasteiger partial charge in [-0.3, -0.25) is 4.79 Å². The highest BCUT2D eigenvalue weighted by molar-refractivity contribution is 5.76. The van der Waals surface area contributed by atoms with Gasteiger partial charge < -0.3 is 14.7 Å². The molecule has 5 heteroatoms. The van der Waals surface area contributed by atoms with Crippen molar-refractivity contribution in [1.29, 1.82) is 0 Å². The molecule has 0 spiro atoms. The van der Waals surface area contributed by atoms with Crippen LogP contribution in [0.4, 0.5) is 4.39 Å². The number of piperidine rings is 1. The molecule has 0 aromatic heterocycles. The third kappa shape index (κ3) is 4.25. The third-order valence-corrected chi connectivity index (χ3v) is 4.07. The average molecular weight is 295 g/mol. The molecular weight excluding hydrogens is 273 g/mol. The fourth-order valence-corrected chi connectivity index (χ4v) is 2.74. The summed E-state index contributed by atoms with van der Waals surface area (Å²) >= 11 is 0. The van der Waals surface area contributed by atoms with Crippen LogP contribution < -0.4 is 0 Å². The molecule has 1 aliphatic rings. The van der Waals surface area contributed by atoms with E-state index in [1.54, 1.807) is 19.2 Å². The van der Waals surface area contributed by atoms with Gasteiger partial charge in [0, 0.05) is 20.2 Å². The maximum absolute atomic E-state index is 12.9. The second-order valence-corrected chi connectivity index (χ2v) is 5.46. The maximum Gasteiger partial charge on any atom is 0.224 e. The minimum atomic E-state index is -0.596. The number of ether oxygens (including phenoxy) is 1. The van der Waals surface area contributed by atoms with Crippen LogP contribution in [0.15, 0.2) is 24.3 Å². The third-order valence-electron chi connectivity index (χ3n) is 4.07. The maximum atomic E-state index is 12.9. The monoisotopic (exact) mass is 295 g/mol. The number of amides is 1. The van der Waals surface area contributed by atoms with Crippen molar-refractivity contribution in [1.82, 2.24) is 4.90 Å². The number of benzene rings is 1. The van der Waals surface area contributed by atoms with Crippen LogP contribution in [0.3, 0.4) is 0 Å². The summed E-state index contributed by atoms with van der Waals surface area (Å²) in [5.41, 5.74) is 0.737. The Morgan fingerprint density at radius 3 is 2.57 bits per heavy atom. The Hall–Kier alpha value is -1.46. The SMILES string of the molecule is COCCC(=O)N1CCC(C(O)c2ccc(F)cc2)CC1. The molecule has 1 aromatic carbocycles. The Morgan fingerprint density at radius 2 is 2.00 bits per heavy atom. The molecule has 2 rings (SSSR count). The molecule has 1 saturated heterocycles. The Morgan fingerprint density at radius 1 is 1.38 bits per heavy atom. The first-order valence-corrected chi connectivity index (χ1v) is 7.32. The number of likely N-dealkylation sites (tertiary alicyclic amines) is 1. The number of aliphatic hydroxyl groups is 1. The Balaban J connectivity index is 1.85. The Kier molecular flexibility index (Phi) is 5.70. The molecular formula is C16H22FNO3. The highest BCUT2D eigenvalue weighted by Crippen LogP contribution is 2.30. The average Bonchev–Trinajstić information content (AvgIpc) is 2.53. The molecule has 4 nitrogen and oxygen atoms in total. The van der Waals surface area contributed by atoms with Crippen LogP contribution in [0.25, 0.3) is 0 Å². The fraction of sp³-hybridized carbons (Fsp3) is 0.562. The van der Waals surface area contributed by atoms with E-state index >= 15 is 0 Å². The van der Waals surface area contributed by atoms with E-state index in [1.807, 2.05) is 4.90 Å². The van der Waals surface area contributed by atoms with Crippen molar-refractivity contribution in [3.63, 3.8) is 0 Å². The van der Waals surface area contributed by atoms with E-state index in [1.165, 1.54) is 12.1 Å². The van der Waals surface area contributed by atoms with Gasteiger partial charge in [0.05, 0.1) is 19.1 Å². The van der Waals surface area contributed by atoms with Crippen molar-refractivity contribution in [3.05, 3.63) is 35.6 Å². The minimum absolute atomic E-state index is 0.103. The molecule has 1 unspecified atom stereocenters. The molecule has 1 heterocycles. The lowest BCUT2D eigenvalue weighted by Crippen LogP contribution is -2.40. The molecule has 0 radical (unpaired) electrons. The topological polar surface area (TPSA) is 49.8 Å². The van der Waals surface area contributed by atoms with Crippen molar-refractivity contribution in [3.8, 4) is 0 Å². The number of carbonyl (C=O) groups excluding carboxylic acids is 1. The standard InChI is InChI=1S/C16H22FNO3/c1-21-11-8-15(19)18-9-6-13(7-10-18)16(20)12-2-4-14(17)5-3-12/h2-5,13,16,20H,6-11H2,1H3. The van der Waals surface area contributed by atoms with Gasteiger partial charge in [0.2, 0.25) is 5.91 Å². The van der Waals surface area contributed by atoms with Crippen LogP contribution in [-0.4, -0.2) is 42.7 Å². The number of aliphatic hydroxyl groups excluding tert-OH is 1. The van der Waals surface area contributed by atoms with Gasteiger partial charge in [-0.25, -0.2) is 4.39 Å². The van der Waals surface area contributed by atoms with E-state index in [0.29, 0.717) is 26.1 Å². The molecule has 1 aromatic rings. The summed E-state index contributed by atoms with van der Waals surface area (Å²) in [6.45, 7) is 1.76. The highest BCUT2D eigenvalue weighted by atomic mass is 19.1. The van der Waals surface area contributed by atoms with E-state index in [4.69, 9.17) is 4.74 Å². The lowest BCUT2D eigenvalue weighted by Gasteiger charge is -2.34. The summed E-state index contributed by atoms with van der Waals surface area (Å²) in [6.07, 6.45) is 1.33. The predicted molar refractivity (Wildman–Crippen MR) is 77.2 cm³/mol. The molecule has 1 amide bonds. The fourth-order valence-electron chi connectivity index (χ4n) is 2.74. The van der Waals surface area contributed by atoms with Crippen molar-refractivity contribution >= 4 is 5.91 Å². The van der Waals surface area contributed by atoms with Gasteiger partial charge in [-0.05, 0) is 36.5 Å². The molecule has 1 fully saturated rings. The van der Waals surface area contributed by atoms with Crippen molar-refractivity contribution in [2.45, 2.75) is 25.4 Å². The Labute approximate surface area is 124 Å². The number of hydrogen-bond acceptors (Lipinski definition) is 3. The number of hydrogen-bond donors (Lipinski definition) is 1. The summed E-state index contributed by atoms with van der Waals surface area (Å²) < 4.78 is 17.8. The summed E-state index contributed by atoms with van der Waals surface area (Å²) in [5, 5.41) is 10.4. The number of rotatable bonds is 5. The van der Waals surface area contributed by atoms with Gasteiger partial charge in [0.15, 0.2) is 0 Å². The largest absolute Gasteiger partial charge is 0.388 e. The van der Waals surface area contributed by atoms with Crippen LogP contribution >= 0.6 is 0 Å². The van der Waals surface area contributed by atoms with Crippen LogP contribution in [0.2, 0.25) is 0 Å². The van der Waals surface area contributed by atoms with Gasteiger partial charge in [0.1, 0.15) is 5.82 Å². The first-order chi connectivity index (χ1) is 10.1. The zero-order chi connectivity index (χ0) is 15.2. The molecule has 1 atom stereocenters. The zero-order valence-electron chi connectivity index (χ0n) is 12.3. The number of carbonyl (C=O) groups is 1. The molecule has 0 saturated carbocycles. The molecule has 0 bridgehead atoms. The van der Waals surface area contributed by atoms with Gasteiger partial charge in [-0.2, -0.15) is 0 Å². The van der Waals surface area contributed by atoms with E-state index in [0.717, 1.165) is 18.4 Å². The predicted octanol–water partition coefficient (Wildman–Crippen LogP) is 2.13. The van der Waals surface area contributed by atoms with E-state index in [2.05, 4.69) is 0 Å². The first kappa shape index (κ1) is 15.9. The second kappa shape index (κ2) is 7.52. The van der Waals surface area contributed by atoms with E-state index in [-0.39, 0.29) is 17.6 Å². The quantitative estimate of drug-likeness (QED) is 0.905. The van der Waals surface area contributed by atoms with Crippen LogP contribution in [0.5, 0.6) is 0 Å². The van der Waals surface area contributed by atoms with E-state index in [9.17, 15) is 14.3 Å². The van der Waals surface area contributed by atoms with Crippen LogP contribution in [-0.2, 0) is 9.53 Å². The van der Waals surface area contributed by atoms with Crippen LogP contribution in [0, 0.1) is 11.7 Å². The summed E-state index contributed by atoms with van der Waals surface area (Å²) in [4.78, 5) is 13.7.